The Hall–Kier alpha value is -3.16. The second-order valence-electron chi connectivity index (χ2n) is 6.78. The van der Waals surface area contributed by atoms with Gasteiger partial charge in [0.1, 0.15) is 11.5 Å². The van der Waals surface area contributed by atoms with E-state index in [1.54, 1.807) is 18.1 Å². The van der Waals surface area contributed by atoms with Gasteiger partial charge in [0.05, 0.1) is 7.11 Å². The fourth-order valence-electron chi connectivity index (χ4n) is 3.29. The predicted octanol–water partition coefficient (Wildman–Crippen LogP) is 4.35. The zero-order chi connectivity index (χ0) is 21.6. The number of benzene rings is 2. The normalized spacial score (nSPS) is 15.2. The Labute approximate surface area is 173 Å². The Bertz CT molecular complexity index is 882. The van der Waals surface area contributed by atoms with E-state index >= 15 is 0 Å². The van der Waals surface area contributed by atoms with Gasteiger partial charge in [-0.05, 0) is 42.8 Å². The van der Waals surface area contributed by atoms with Gasteiger partial charge in [0.15, 0.2) is 0 Å². The number of anilines is 1. The molecule has 1 fully saturated rings. The lowest BCUT2D eigenvalue weighted by Gasteiger charge is -2.23. The van der Waals surface area contributed by atoms with E-state index in [2.05, 4.69) is 9.64 Å². The van der Waals surface area contributed by atoms with Crippen molar-refractivity contribution >= 4 is 17.7 Å². The van der Waals surface area contributed by atoms with Crippen LogP contribution in [-0.2, 0) is 4.79 Å². The minimum atomic E-state index is -4.79. The van der Waals surface area contributed by atoms with Gasteiger partial charge in [-0.2, -0.15) is 0 Å². The van der Waals surface area contributed by atoms with Crippen molar-refractivity contribution in [3.8, 4) is 11.5 Å². The van der Waals surface area contributed by atoms with Crippen LogP contribution in [-0.4, -0.2) is 50.5 Å². The molecule has 2 aromatic rings. The molecular weight excluding hydrogens is 397 g/mol. The Morgan fingerprint density at radius 3 is 2.43 bits per heavy atom. The molecule has 0 spiro atoms. The predicted molar refractivity (Wildman–Crippen MR) is 109 cm³/mol. The third-order valence-electron chi connectivity index (χ3n) is 4.80. The second-order valence-corrected chi connectivity index (χ2v) is 6.78. The SMILES string of the molecule is COc1ccc(N2CCCN(C(=O)/C=C/c3ccccc3OC(F)(F)F)CC2)cc1. The summed E-state index contributed by atoms with van der Waals surface area (Å²) < 4.78 is 46.8. The van der Waals surface area contributed by atoms with Crippen LogP contribution in [0.25, 0.3) is 6.08 Å². The van der Waals surface area contributed by atoms with Crippen molar-refractivity contribution in [1.29, 1.82) is 0 Å². The largest absolute Gasteiger partial charge is 0.573 e. The number of amides is 1. The molecule has 2 aromatic carbocycles. The number of halogens is 3. The Morgan fingerprint density at radius 1 is 1.00 bits per heavy atom. The van der Waals surface area contributed by atoms with Crippen LogP contribution in [0.2, 0.25) is 0 Å². The number of carbonyl (C=O) groups is 1. The fraction of sp³-hybridized carbons (Fsp3) is 0.318. The summed E-state index contributed by atoms with van der Waals surface area (Å²) in [5.41, 5.74) is 1.25. The summed E-state index contributed by atoms with van der Waals surface area (Å²) in [5, 5.41) is 0. The van der Waals surface area contributed by atoms with Crippen molar-refractivity contribution in [3.63, 3.8) is 0 Å². The number of carbonyl (C=O) groups excluding carboxylic acids is 1. The molecule has 1 aliphatic rings. The summed E-state index contributed by atoms with van der Waals surface area (Å²) in [6, 6.07) is 13.5. The van der Waals surface area contributed by atoms with E-state index in [9.17, 15) is 18.0 Å². The molecule has 160 valence electrons. The number of hydrogen-bond acceptors (Lipinski definition) is 4. The van der Waals surface area contributed by atoms with Gasteiger partial charge in [0, 0.05) is 43.5 Å². The van der Waals surface area contributed by atoms with E-state index in [-0.39, 0.29) is 17.2 Å². The Morgan fingerprint density at radius 2 is 1.73 bits per heavy atom. The first-order valence-corrected chi connectivity index (χ1v) is 9.56. The Kier molecular flexibility index (Phi) is 6.87. The minimum Gasteiger partial charge on any atom is -0.497 e. The fourth-order valence-corrected chi connectivity index (χ4v) is 3.29. The first kappa shape index (κ1) is 21.5. The second kappa shape index (κ2) is 9.56. The summed E-state index contributed by atoms with van der Waals surface area (Å²) >= 11 is 0. The number of para-hydroxylation sites is 1. The van der Waals surface area contributed by atoms with Crippen LogP contribution >= 0.6 is 0 Å². The quantitative estimate of drug-likeness (QED) is 0.675. The molecule has 1 saturated heterocycles. The van der Waals surface area contributed by atoms with Crippen molar-refractivity contribution < 1.29 is 27.4 Å². The van der Waals surface area contributed by atoms with Crippen LogP contribution in [0.15, 0.2) is 54.6 Å². The van der Waals surface area contributed by atoms with Crippen molar-refractivity contribution in [2.24, 2.45) is 0 Å². The molecule has 1 aliphatic heterocycles. The monoisotopic (exact) mass is 420 g/mol. The van der Waals surface area contributed by atoms with Crippen molar-refractivity contribution in [2.45, 2.75) is 12.8 Å². The molecule has 1 heterocycles. The van der Waals surface area contributed by atoms with Gasteiger partial charge in [-0.15, -0.1) is 13.2 Å². The molecule has 30 heavy (non-hydrogen) atoms. The minimum absolute atomic E-state index is 0.192. The van der Waals surface area contributed by atoms with E-state index in [4.69, 9.17) is 4.74 Å². The van der Waals surface area contributed by atoms with Gasteiger partial charge in [-0.25, -0.2) is 0 Å². The van der Waals surface area contributed by atoms with Crippen LogP contribution in [0.4, 0.5) is 18.9 Å². The molecule has 0 bridgehead atoms. The maximum Gasteiger partial charge on any atom is 0.573 e. The van der Waals surface area contributed by atoms with Crippen molar-refractivity contribution in [2.75, 3.05) is 38.2 Å². The molecular formula is C22H23F3N2O3. The van der Waals surface area contributed by atoms with E-state index in [1.165, 1.54) is 30.4 Å². The third-order valence-corrected chi connectivity index (χ3v) is 4.80. The summed E-state index contributed by atoms with van der Waals surface area (Å²) in [6.07, 6.45) is -1.35. The smallest absolute Gasteiger partial charge is 0.497 e. The maximum absolute atomic E-state index is 12.6. The van der Waals surface area contributed by atoms with Crippen LogP contribution < -0.4 is 14.4 Å². The van der Waals surface area contributed by atoms with Gasteiger partial charge in [0.2, 0.25) is 5.91 Å². The standard InChI is InChI=1S/C22H23F3N2O3/c1-29-19-10-8-18(9-11-19)26-13-4-14-27(16-15-26)21(28)12-7-17-5-2-3-6-20(17)30-22(23,24)25/h2-3,5-12H,4,13-16H2,1H3/b12-7+. The van der Waals surface area contributed by atoms with Gasteiger partial charge in [0.25, 0.3) is 0 Å². The molecule has 0 aromatic heterocycles. The zero-order valence-corrected chi connectivity index (χ0v) is 16.6. The summed E-state index contributed by atoms with van der Waals surface area (Å²) in [7, 11) is 1.62. The first-order chi connectivity index (χ1) is 14.4. The highest BCUT2D eigenvalue weighted by Gasteiger charge is 2.31. The molecule has 8 heteroatoms. The van der Waals surface area contributed by atoms with Crippen molar-refractivity contribution in [3.05, 3.63) is 60.2 Å². The highest BCUT2D eigenvalue weighted by atomic mass is 19.4. The van der Waals surface area contributed by atoms with E-state index in [1.807, 2.05) is 24.3 Å². The lowest BCUT2D eigenvalue weighted by Crippen LogP contribution is -2.34. The highest BCUT2D eigenvalue weighted by molar-refractivity contribution is 5.92. The number of rotatable bonds is 5. The first-order valence-electron chi connectivity index (χ1n) is 9.56. The average Bonchev–Trinajstić information content (AvgIpc) is 2.98. The third kappa shape index (κ3) is 5.92. The Balaban J connectivity index is 1.62. The van der Waals surface area contributed by atoms with Gasteiger partial charge in [-0.1, -0.05) is 18.2 Å². The summed E-state index contributed by atoms with van der Waals surface area (Å²) in [6.45, 7) is 2.58. The lowest BCUT2D eigenvalue weighted by atomic mass is 10.2. The number of alkyl halides is 3. The number of hydrogen-bond donors (Lipinski definition) is 0. The molecule has 0 unspecified atom stereocenters. The van der Waals surface area contributed by atoms with Crippen LogP contribution in [0.5, 0.6) is 11.5 Å². The van der Waals surface area contributed by atoms with E-state index < -0.39 is 6.36 Å². The number of nitrogens with zero attached hydrogens (tertiary/aromatic N) is 2. The van der Waals surface area contributed by atoms with Crippen LogP contribution in [0.1, 0.15) is 12.0 Å². The van der Waals surface area contributed by atoms with Gasteiger partial charge < -0.3 is 19.3 Å². The molecule has 1 amide bonds. The van der Waals surface area contributed by atoms with E-state index in [0.717, 1.165) is 24.4 Å². The topological polar surface area (TPSA) is 42.0 Å². The molecule has 0 radical (unpaired) electrons. The molecule has 0 N–H and O–H groups in total. The van der Waals surface area contributed by atoms with Crippen LogP contribution in [0, 0.1) is 0 Å². The number of methoxy groups -OCH3 is 1. The number of ether oxygens (including phenoxy) is 2. The summed E-state index contributed by atoms with van der Waals surface area (Å²) in [4.78, 5) is 16.5. The lowest BCUT2D eigenvalue weighted by molar-refractivity contribution is -0.274. The molecule has 0 aliphatic carbocycles. The maximum atomic E-state index is 12.6. The molecule has 0 saturated carbocycles. The van der Waals surface area contributed by atoms with E-state index in [0.29, 0.717) is 19.6 Å². The highest BCUT2D eigenvalue weighted by Crippen LogP contribution is 2.27. The zero-order valence-electron chi connectivity index (χ0n) is 16.6. The van der Waals surface area contributed by atoms with Crippen molar-refractivity contribution in [1.82, 2.24) is 4.90 Å². The molecule has 5 nitrogen and oxygen atoms in total. The molecule has 3 rings (SSSR count). The average molecular weight is 420 g/mol. The van der Waals surface area contributed by atoms with Gasteiger partial charge in [-0.3, -0.25) is 4.79 Å². The van der Waals surface area contributed by atoms with Gasteiger partial charge >= 0.3 is 6.36 Å². The molecule has 0 atom stereocenters. The summed E-state index contributed by atoms with van der Waals surface area (Å²) in [5.74, 6) is 0.203. The van der Waals surface area contributed by atoms with Crippen LogP contribution in [0.3, 0.4) is 0 Å².